The molecule has 1 spiro atoms. The van der Waals surface area contributed by atoms with Crippen molar-refractivity contribution in [3.8, 4) is 5.75 Å². The molecular weight excluding hydrogens is 462 g/mol. The quantitative estimate of drug-likeness (QED) is 0.667. The second kappa shape index (κ2) is 11.9. The van der Waals surface area contributed by atoms with Gasteiger partial charge in [0, 0.05) is 24.7 Å². The Balaban J connectivity index is 1.37. The second-order valence-electron chi connectivity index (χ2n) is 9.82. The molecule has 1 fully saturated rings. The molecule has 0 unspecified atom stereocenters. The lowest BCUT2D eigenvalue weighted by Crippen LogP contribution is -2.53. The molecule has 2 aliphatic heterocycles. The van der Waals surface area contributed by atoms with E-state index in [0.717, 1.165) is 43.4 Å². The average Bonchev–Trinajstić information content (AvgIpc) is 2.87. The third-order valence-electron chi connectivity index (χ3n) is 7.36. The molecule has 1 atom stereocenters. The fourth-order valence-corrected chi connectivity index (χ4v) is 5.47. The predicted molar refractivity (Wildman–Crippen MR) is 138 cm³/mol. The number of halogens is 1. The molecule has 0 aliphatic carbocycles. The van der Waals surface area contributed by atoms with Crippen molar-refractivity contribution in [1.82, 2.24) is 10.2 Å². The van der Waals surface area contributed by atoms with Crippen LogP contribution in [0.25, 0.3) is 0 Å². The molecule has 4 rings (SSSR count). The van der Waals surface area contributed by atoms with Crippen LogP contribution in [0.5, 0.6) is 5.75 Å². The molecule has 6 nitrogen and oxygen atoms in total. The van der Waals surface area contributed by atoms with Crippen LogP contribution in [-0.4, -0.2) is 49.0 Å². The Morgan fingerprint density at radius 1 is 1.09 bits per heavy atom. The summed E-state index contributed by atoms with van der Waals surface area (Å²) >= 11 is 6.07. The van der Waals surface area contributed by atoms with E-state index in [4.69, 9.17) is 22.1 Å². The number of para-hydroxylation sites is 1. The highest BCUT2D eigenvalue weighted by Gasteiger charge is 2.42. The number of aryl methyl sites for hydroxylation is 1. The van der Waals surface area contributed by atoms with Gasteiger partial charge in [-0.1, -0.05) is 48.4 Å². The Labute approximate surface area is 213 Å². The Morgan fingerprint density at radius 2 is 1.89 bits per heavy atom. The molecule has 2 aromatic carbocycles. The van der Waals surface area contributed by atoms with Crippen LogP contribution in [0.15, 0.2) is 48.5 Å². The maximum atomic E-state index is 13.3. The number of hydrogen-bond acceptors (Lipinski definition) is 4. The molecule has 0 aromatic heterocycles. The first-order valence-corrected chi connectivity index (χ1v) is 13.1. The van der Waals surface area contributed by atoms with E-state index >= 15 is 0 Å². The van der Waals surface area contributed by atoms with Crippen molar-refractivity contribution in [3.05, 3.63) is 64.7 Å². The largest absolute Gasteiger partial charge is 0.493 e. The normalized spacial score (nSPS) is 19.8. The van der Waals surface area contributed by atoms with E-state index in [2.05, 4.69) is 17.4 Å². The Hall–Kier alpha value is -2.57. The van der Waals surface area contributed by atoms with Gasteiger partial charge in [-0.2, -0.15) is 0 Å². The standard InChI is InChI=1S/C28H36ClN3O3/c29-23-10-5-7-21(19-23)20-24(30)26(33)32-16-13-28(14-17-32)12-4-3-9-22-8-1-2-11-25(22)35-18-6-15-31-27(28)34/h1-2,5,7-8,10-11,19,24H,3-4,6,9,12-18,20,30H2,(H,31,34)/t24-/m0/s1. The van der Waals surface area contributed by atoms with E-state index in [-0.39, 0.29) is 11.8 Å². The number of piperidine rings is 1. The molecule has 0 bridgehead atoms. The minimum atomic E-state index is -0.614. The van der Waals surface area contributed by atoms with Crippen molar-refractivity contribution in [2.75, 3.05) is 26.2 Å². The van der Waals surface area contributed by atoms with Crippen molar-refractivity contribution < 1.29 is 14.3 Å². The summed E-state index contributed by atoms with van der Waals surface area (Å²) in [7, 11) is 0. The van der Waals surface area contributed by atoms with E-state index < -0.39 is 11.5 Å². The molecule has 0 radical (unpaired) electrons. The fraction of sp³-hybridized carbons (Fsp3) is 0.500. The van der Waals surface area contributed by atoms with Crippen molar-refractivity contribution in [2.45, 2.75) is 57.4 Å². The summed E-state index contributed by atoms with van der Waals surface area (Å²) in [6.07, 6.45) is 6.29. The molecule has 2 aromatic rings. The lowest BCUT2D eigenvalue weighted by atomic mass is 9.73. The van der Waals surface area contributed by atoms with Gasteiger partial charge in [-0.25, -0.2) is 0 Å². The van der Waals surface area contributed by atoms with Crippen molar-refractivity contribution >= 4 is 23.4 Å². The predicted octanol–water partition coefficient (Wildman–Crippen LogP) is 4.13. The molecule has 188 valence electrons. The highest BCUT2D eigenvalue weighted by Crippen LogP contribution is 2.38. The summed E-state index contributed by atoms with van der Waals surface area (Å²) in [6.45, 7) is 2.29. The molecule has 2 aliphatic rings. The van der Waals surface area contributed by atoms with Gasteiger partial charge in [-0.15, -0.1) is 0 Å². The number of hydrogen-bond donors (Lipinski definition) is 2. The number of amides is 2. The van der Waals surface area contributed by atoms with Crippen LogP contribution >= 0.6 is 11.6 Å². The summed E-state index contributed by atoms with van der Waals surface area (Å²) in [4.78, 5) is 28.2. The summed E-state index contributed by atoms with van der Waals surface area (Å²) in [5.41, 5.74) is 8.02. The van der Waals surface area contributed by atoms with E-state index in [0.29, 0.717) is 50.5 Å². The van der Waals surface area contributed by atoms with Crippen molar-refractivity contribution in [1.29, 1.82) is 0 Å². The first-order valence-electron chi connectivity index (χ1n) is 12.7. The minimum absolute atomic E-state index is 0.0568. The summed E-state index contributed by atoms with van der Waals surface area (Å²) in [5.74, 6) is 1.01. The number of nitrogens with zero attached hydrogens (tertiary/aromatic N) is 1. The zero-order valence-corrected chi connectivity index (χ0v) is 21.1. The number of benzene rings is 2. The molecule has 3 N–H and O–H groups in total. The number of ether oxygens (including phenoxy) is 1. The van der Waals surface area contributed by atoms with Gasteiger partial charge in [0.25, 0.3) is 0 Å². The summed E-state index contributed by atoms with van der Waals surface area (Å²) in [5, 5.41) is 3.79. The number of nitrogens with one attached hydrogen (secondary N) is 1. The lowest BCUT2D eigenvalue weighted by Gasteiger charge is -2.41. The van der Waals surface area contributed by atoms with Gasteiger partial charge in [0.2, 0.25) is 11.8 Å². The number of fused-ring (bicyclic) bond motifs is 1. The van der Waals surface area contributed by atoms with Crippen LogP contribution < -0.4 is 15.8 Å². The number of nitrogens with two attached hydrogens (primary N) is 1. The maximum Gasteiger partial charge on any atom is 0.239 e. The fourth-order valence-electron chi connectivity index (χ4n) is 5.26. The Morgan fingerprint density at radius 3 is 2.69 bits per heavy atom. The Kier molecular flexibility index (Phi) is 8.69. The van der Waals surface area contributed by atoms with E-state index in [9.17, 15) is 9.59 Å². The first kappa shape index (κ1) is 25.5. The highest BCUT2D eigenvalue weighted by atomic mass is 35.5. The number of likely N-dealkylation sites (tertiary alicyclic amines) is 1. The van der Waals surface area contributed by atoms with Gasteiger partial charge in [-0.3, -0.25) is 9.59 Å². The van der Waals surface area contributed by atoms with Gasteiger partial charge >= 0.3 is 0 Å². The third-order valence-corrected chi connectivity index (χ3v) is 7.60. The second-order valence-corrected chi connectivity index (χ2v) is 10.3. The average molecular weight is 498 g/mol. The molecule has 0 saturated carbocycles. The molecule has 2 heterocycles. The van der Waals surface area contributed by atoms with Crippen LogP contribution in [0.1, 0.15) is 49.7 Å². The molecular formula is C28H36ClN3O3. The SMILES string of the molecule is N[C@@H](Cc1cccc(Cl)c1)C(=O)N1CCC2(CCCCc3ccccc3OCCCNC2=O)CC1. The van der Waals surface area contributed by atoms with Crippen LogP contribution in [0, 0.1) is 5.41 Å². The van der Waals surface area contributed by atoms with Crippen LogP contribution in [0.3, 0.4) is 0 Å². The smallest absolute Gasteiger partial charge is 0.239 e. The zero-order valence-electron chi connectivity index (χ0n) is 20.3. The van der Waals surface area contributed by atoms with Crippen molar-refractivity contribution in [2.24, 2.45) is 11.1 Å². The summed E-state index contributed by atoms with van der Waals surface area (Å²) < 4.78 is 5.97. The molecule has 2 amide bonds. The van der Waals surface area contributed by atoms with E-state index in [1.54, 1.807) is 0 Å². The van der Waals surface area contributed by atoms with Gasteiger partial charge in [0.1, 0.15) is 5.75 Å². The van der Waals surface area contributed by atoms with Gasteiger partial charge in [-0.05, 0) is 74.3 Å². The lowest BCUT2D eigenvalue weighted by molar-refractivity contribution is -0.141. The van der Waals surface area contributed by atoms with Gasteiger partial charge < -0.3 is 20.7 Å². The third kappa shape index (κ3) is 6.56. The van der Waals surface area contributed by atoms with Crippen molar-refractivity contribution in [3.63, 3.8) is 0 Å². The number of carbonyl (C=O) groups excluding carboxylic acids is 2. The molecule has 7 heteroatoms. The zero-order chi connectivity index (χ0) is 24.7. The van der Waals surface area contributed by atoms with Gasteiger partial charge in [0.15, 0.2) is 0 Å². The molecule has 1 saturated heterocycles. The van der Waals surface area contributed by atoms with Crippen LogP contribution in [0.4, 0.5) is 0 Å². The molecule has 35 heavy (non-hydrogen) atoms. The topological polar surface area (TPSA) is 84.7 Å². The number of rotatable bonds is 3. The Bertz CT molecular complexity index is 1020. The monoisotopic (exact) mass is 497 g/mol. The summed E-state index contributed by atoms with van der Waals surface area (Å²) in [6, 6.07) is 15.1. The first-order chi connectivity index (χ1) is 17.0. The maximum absolute atomic E-state index is 13.3. The minimum Gasteiger partial charge on any atom is -0.493 e. The van der Waals surface area contributed by atoms with Crippen LogP contribution in [-0.2, 0) is 22.4 Å². The van der Waals surface area contributed by atoms with Crippen LogP contribution in [0.2, 0.25) is 5.02 Å². The number of carbonyl (C=O) groups is 2. The van der Waals surface area contributed by atoms with E-state index in [1.807, 2.05) is 41.3 Å². The van der Waals surface area contributed by atoms with E-state index in [1.165, 1.54) is 5.56 Å². The highest BCUT2D eigenvalue weighted by molar-refractivity contribution is 6.30. The van der Waals surface area contributed by atoms with Gasteiger partial charge in [0.05, 0.1) is 18.1 Å².